The average molecular weight is 680 g/mol. The minimum absolute atomic E-state index is 0.0960. The third-order valence-corrected chi connectivity index (χ3v) is 9.43. The van der Waals surface area contributed by atoms with Crippen LogP contribution in [0.1, 0.15) is 34.5 Å². The number of thiazole rings is 1. The van der Waals surface area contributed by atoms with Gasteiger partial charge in [-0.05, 0) is 60.7 Å². The Labute approximate surface area is 273 Å². The quantitative estimate of drug-likeness (QED) is 0.152. The number of anilines is 1. The number of halogens is 4. The molecule has 0 saturated heterocycles. The van der Waals surface area contributed by atoms with Crippen molar-refractivity contribution in [3.63, 3.8) is 0 Å². The van der Waals surface area contributed by atoms with Gasteiger partial charge in [0.05, 0.1) is 22.9 Å². The van der Waals surface area contributed by atoms with Gasteiger partial charge in [0.25, 0.3) is 11.5 Å². The first kappa shape index (κ1) is 32.0. The van der Waals surface area contributed by atoms with Crippen molar-refractivity contribution in [2.24, 2.45) is 4.99 Å². The Kier molecular flexibility index (Phi) is 8.84. The van der Waals surface area contributed by atoms with Crippen molar-refractivity contribution in [1.29, 1.82) is 0 Å². The molecule has 3 aromatic carbocycles. The molecule has 5 aromatic rings. The topological polar surface area (TPSA) is 81.9 Å². The maximum atomic E-state index is 14.2. The molecule has 240 valence electrons. The van der Waals surface area contributed by atoms with Crippen LogP contribution in [-0.4, -0.2) is 17.6 Å². The first-order chi connectivity index (χ1) is 22.6. The van der Waals surface area contributed by atoms with Gasteiger partial charge in [-0.3, -0.25) is 14.2 Å². The number of benzene rings is 3. The summed E-state index contributed by atoms with van der Waals surface area (Å²) in [5.74, 6) is -7.82. The number of aryl methyl sites for hydroxylation is 1. The van der Waals surface area contributed by atoms with E-state index in [1.807, 2.05) is 42.6 Å². The van der Waals surface area contributed by atoms with Gasteiger partial charge in [-0.25, -0.2) is 13.8 Å². The molecule has 0 saturated carbocycles. The fourth-order valence-corrected chi connectivity index (χ4v) is 7.08. The number of carbonyl (C=O) groups is 1. The molecule has 1 amide bonds. The number of fused-ring (bicyclic) bond motifs is 1. The lowest BCUT2D eigenvalue weighted by Crippen LogP contribution is -2.40. The molecule has 1 N–H and O–H groups in total. The number of hydrogen-bond acceptors (Lipinski definition) is 7. The van der Waals surface area contributed by atoms with Crippen LogP contribution in [0.2, 0.25) is 0 Å². The number of thiophene rings is 1. The highest BCUT2D eigenvalue weighted by atomic mass is 32.1. The fraction of sp³-hybridized carbons (Fsp3) is 0.147. The average Bonchev–Trinajstić information content (AvgIpc) is 3.69. The van der Waals surface area contributed by atoms with Crippen LogP contribution in [0.25, 0.3) is 6.08 Å². The first-order valence-corrected chi connectivity index (χ1v) is 15.8. The molecular formula is C34H25F4N3O4S2. The molecular weight excluding hydrogens is 655 g/mol. The number of nitrogens with one attached hydrogen (secondary N) is 1. The second kappa shape index (κ2) is 13.0. The van der Waals surface area contributed by atoms with Crippen LogP contribution in [0.4, 0.5) is 23.2 Å². The molecule has 0 aliphatic carbocycles. The molecule has 2 aromatic heterocycles. The van der Waals surface area contributed by atoms with E-state index in [9.17, 15) is 27.2 Å². The monoisotopic (exact) mass is 679 g/mol. The van der Waals surface area contributed by atoms with Crippen LogP contribution >= 0.6 is 22.7 Å². The van der Waals surface area contributed by atoms with Crippen LogP contribution < -0.4 is 29.7 Å². The van der Waals surface area contributed by atoms with Crippen LogP contribution in [0.3, 0.4) is 0 Å². The Morgan fingerprint density at radius 1 is 1.02 bits per heavy atom. The van der Waals surface area contributed by atoms with Crippen molar-refractivity contribution >= 4 is 40.3 Å². The fourth-order valence-electron chi connectivity index (χ4n) is 5.21. The predicted octanol–water partition coefficient (Wildman–Crippen LogP) is 6.39. The summed E-state index contributed by atoms with van der Waals surface area (Å²) in [6.07, 6.45) is 1.60. The smallest absolute Gasteiger partial charge is 0.271 e. The number of rotatable bonds is 8. The van der Waals surface area contributed by atoms with Gasteiger partial charge in [0.2, 0.25) is 11.6 Å². The minimum Gasteiger partial charge on any atom is -0.496 e. The van der Waals surface area contributed by atoms with E-state index >= 15 is 0 Å². The summed E-state index contributed by atoms with van der Waals surface area (Å²) in [6, 6.07) is 15.2. The Bertz CT molecular complexity index is 2220. The third-order valence-electron chi connectivity index (χ3n) is 7.52. The van der Waals surface area contributed by atoms with Crippen molar-refractivity contribution in [2.45, 2.75) is 26.5 Å². The van der Waals surface area contributed by atoms with Crippen molar-refractivity contribution in [3.8, 4) is 11.5 Å². The van der Waals surface area contributed by atoms with Crippen LogP contribution in [0, 0.1) is 30.2 Å². The number of ether oxygens (including phenoxy) is 2. The lowest BCUT2D eigenvalue weighted by Gasteiger charge is -2.24. The molecule has 6 rings (SSSR count). The van der Waals surface area contributed by atoms with E-state index < -0.39 is 41.7 Å². The summed E-state index contributed by atoms with van der Waals surface area (Å²) in [6.45, 7) is 3.12. The maximum Gasteiger partial charge on any atom is 0.271 e. The molecule has 1 aliphatic rings. The molecule has 1 atom stereocenters. The Balaban J connectivity index is 1.38. The standard InChI is InChI=1S/C34H25F4N3O4S2/c1-17-7-4-5-8-23(17)40-32(42)27-18(2)39-34-41(30(27)25-9-6-12-46-25)33(43)26(47-34)14-19-10-11-24(44-3)20(13-19)16-45-31-28(37)21(35)15-22(36)29(31)38/h4-15,30H,16H2,1-3H3,(H,40,42)/b26-14-. The molecule has 7 nitrogen and oxygen atoms in total. The van der Waals surface area contributed by atoms with Gasteiger partial charge < -0.3 is 14.8 Å². The first-order valence-electron chi connectivity index (χ1n) is 14.1. The molecule has 3 heterocycles. The van der Waals surface area contributed by atoms with Gasteiger partial charge in [0, 0.05) is 22.2 Å². The summed E-state index contributed by atoms with van der Waals surface area (Å²) in [5.41, 5.74) is 2.75. The molecule has 1 aliphatic heterocycles. The van der Waals surface area contributed by atoms with Gasteiger partial charge in [-0.15, -0.1) is 11.3 Å². The number of methoxy groups -OCH3 is 1. The number of allylic oxidation sites excluding steroid dienone is 1. The normalized spacial score (nSPS) is 14.5. The molecule has 0 fully saturated rings. The Hall–Kier alpha value is -5.01. The van der Waals surface area contributed by atoms with E-state index in [0.717, 1.165) is 21.8 Å². The number of hydrogen-bond donors (Lipinski definition) is 1. The molecule has 47 heavy (non-hydrogen) atoms. The zero-order valence-electron chi connectivity index (χ0n) is 25.1. The predicted molar refractivity (Wildman–Crippen MR) is 171 cm³/mol. The van der Waals surface area contributed by atoms with E-state index in [1.165, 1.54) is 23.0 Å². The van der Waals surface area contributed by atoms with Gasteiger partial charge in [-0.2, -0.15) is 8.78 Å². The van der Waals surface area contributed by atoms with E-state index in [0.29, 0.717) is 37.4 Å². The maximum absolute atomic E-state index is 14.2. The van der Waals surface area contributed by atoms with Crippen LogP contribution in [-0.2, 0) is 11.4 Å². The molecule has 0 spiro atoms. The summed E-state index contributed by atoms with van der Waals surface area (Å²) >= 11 is 2.55. The highest BCUT2D eigenvalue weighted by Gasteiger charge is 2.33. The third kappa shape index (κ3) is 6.11. The second-order valence-corrected chi connectivity index (χ2v) is 12.5. The lowest BCUT2D eigenvalue weighted by molar-refractivity contribution is -0.113. The largest absolute Gasteiger partial charge is 0.496 e. The van der Waals surface area contributed by atoms with Gasteiger partial charge >= 0.3 is 0 Å². The summed E-state index contributed by atoms with van der Waals surface area (Å²) in [4.78, 5) is 33.6. The zero-order valence-corrected chi connectivity index (χ0v) is 26.7. The number of aromatic nitrogens is 1. The lowest BCUT2D eigenvalue weighted by atomic mass is 10.0. The van der Waals surface area contributed by atoms with Crippen molar-refractivity contribution in [1.82, 2.24) is 4.57 Å². The number of nitrogens with zero attached hydrogens (tertiary/aromatic N) is 2. The number of amides is 1. The molecule has 0 bridgehead atoms. The molecule has 0 radical (unpaired) electrons. The summed E-state index contributed by atoms with van der Waals surface area (Å²) < 4.78 is 68.1. The van der Waals surface area contributed by atoms with Gasteiger partial charge in [-0.1, -0.05) is 41.7 Å². The van der Waals surface area contributed by atoms with Crippen molar-refractivity contribution < 1.29 is 31.8 Å². The number of para-hydroxylation sites is 1. The van der Waals surface area contributed by atoms with E-state index in [2.05, 4.69) is 10.3 Å². The Morgan fingerprint density at radius 3 is 2.45 bits per heavy atom. The van der Waals surface area contributed by atoms with Crippen molar-refractivity contribution in [3.05, 3.63) is 142 Å². The molecule has 1 unspecified atom stereocenters. The highest BCUT2D eigenvalue weighted by Crippen LogP contribution is 2.34. The van der Waals surface area contributed by atoms with E-state index in [1.54, 1.807) is 37.3 Å². The van der Waals surface area contributed by atoms with Gasteiger partial charge in [0.1, 0.15) is 18.4 Å². The van der Waals surface area contributed by atoms with E-state index in [4.69, 9.17) is 9.47 Å². The highest BCUT2D eigenvalue weighted by molar-refractivity contribution is 7.10. The van der Waals surface area contributed by atoms with Gasteiger partial charge in [0.15, 0.2) is 22.2 Å². The molecule has 13 heteroatoms. The second-order valence-electron chi connectivity index (χ2n) is 10.5. The van der Waals surface area contributed by atoms with E-state index in [-0.39, 0.29) is 23.3 Å². The Morgan fingerprint density at radius 2 is 1.77 bits per heavy atom. The van der Waals surface area contributed by atoms with Crippen LogP contribution in [0.5, 0.6) is 11.5 Å². The zero-order chi connectivity index (χ0) is 33.4. The van der Waals surface area contributed by atoms with Crippen molar-refractivity contribution in [2.75, 3.05) is 12.4 Å². The minimum atomic E-state index is -1.66. The SMILES string of the molecule is COc1ccc(/C=c2\sc3n(c2=O)C(c2cccs2)C(C(=O)Nc2ccccc2C)=C(C)N=3)cc1COc1c(F)c(F)cc(F)c1F. The van der Waals surface area contributed by atoms with Crippen LogP contribution in [0.15, 0.2) is 87.1 Å². The summed E-state index contributed by atoms with van der Waals surface area (Å²) in [5, 5.41) is 4.84. The number of carbonyl (C=O) groups excluding carboxylic acids is 1. The summed E-state index contributed by atoms with van der Waals surface area (Å²) in [7, 11) is 1.37.